The molecule has 0 saturated heterocycles. The van der Waals surface area contributed by atoms with Gasteiger partial charge in [0.1, 0.15) is 0 Å². The van der Waals surface area contributed by atoms with E-state index >= 15 is 0 Å². The van der Waals surface area contributed by atoms with E-state index in [0.29, 0.717) is 0 Å². The normalized spacial score (nSPS) is 10.9. The second-order valence-corrected chi connectivity index (χ2v) is 6.53. The van der Waals surface area contributed by atoms with Crippen molar-refractivity contribution in [3.8, 4) is 0 Å². The molecular formula is C17H19N3S. The van der Waals surface area contributed by atoms with Crippen LogP contribution in [-0.4, -0.2) is 44.0 Å². The molecule has 3 aromatic rings. The summed E-state index contributed by atoms with van der Waals surface area (Å²) in [5, 5.41) is 2.54. The van der Waals surface area contributed by atoms with Crippen LogP contribution >= 0.6 is 11.3 Å². The van der Waals surface area contributed by atoms with Gasteiger partial charge in [-0.05, 0) is 18.2 Å². The Kier molecular flexibility index (Phi) is 3.55. The number of thiophene rings is 1. The maximum Gasteiger partial charge on any atom is 0.200 e. The molecule has 108 valence electrons. The summed E-state index contributed by atoms with van der Waals surface area (Å²) in [6.07, 6.45) is 0. The van der Waals surface area contributed by atoms with Crippen molar-refractivity contribution >= 4 is 43.2 Å². The molecule has 0 N–H and O–H groups in total. The van der Waals surface area contributed by atoms with E-state index in [1.807, 2.05) is 49.3 Å². The first-order valence-electron chi connectivity index (χ1n) is 6.91. The second kappa shape index (κ2) is 5.37. The van der Waals surface area contributed by atoms with Crippen LogP contribution in [-0.2, 0) is 0 Å². The zero-order valence-corrected chi connectivity index (χ0v) is 13.6. The van der Waals surface area contributed by atoms with E-state index in [4.69, 9.17) is 4.99 Å². The fourth-order valence-electron chi connectivity index (χ4n) is 2.56. The minimum Gasteiger partial charge on any atom is -0.349 e. The Hall–Kier alpha value is -2.07. The van der Waals surface area contributed by atoms with Crippen molar-refractivity contribution in [1.29, 1.82) is 0 Å². The molecule has 2 aromatic carbocycles. The van der Waals surface area contributed by atoms with Crippen molar-refractivity contribution in [1.82, 2.24) is 9.80 Å². The predicted octanol–water partition coefficient (Wildman–Crippen LogP) is 4.17. The molecule has 0 aliphatic carbocycles. The quantitative estimate of drug-likeness (QED) is 0.496. The van der Waals surface area contributed by atoms with Gasteiger partial charge in [-0.3, -0.25) is 0 Å². The van der Waals surface area contributed by atoms with Gasteiger partial charge >= 0.3 is 0 Å². The van der Waals surface area contributed by atoms with Crippen molar-refractivity contribution in [2.24, 2.45) is 4.99 Å². The zero-order valence-electron chi connectivity index (χ0n) is 12.8. The molecule has 0 atom stereocenters. The third-order valence-electron chi connectivity index (χ3n) is 3.40. The maximum absolute atomic E-state index is 4.88. The number of hydrogen-bond acceptors (Lipinski definition) is 2. The Labute approximate surface area is 129 Å². The van der Waals surface area contributed by atoms with Crippen LogP contribution in [0.2, 0.25) is 0 Å². The number of aliphatic imine (C=N–C) groups is 1. The number of nitrogens with zero attached hydrogens (tertiary/aromatic N) is 3. The predicted molar refractivity (Wildman–Crippen MR) is 93.8 cm³/mol. The fourth-order valence-corrected chi connectivity index (χ4v) is 3.68. The largest absolute Gasteiger partial charge is 0.349 e. The van der Waals surface area contributed by atoms with Crippen LogP contribution in [0.15, 0.2) is 47.5 Å². The lowest BCUT2D eigenvalue weighted by Crippen LogP contribution is -2.35. The highest BCUT2D eigenvalue weighted by atomic mass is 32.1. The molecule has 0 unspecified atom stereocenters. The molecule has 0 saturated carbocycles. The molecule has 0 amide bonds. The van der Waals surface area contributed by atoms with Gasteiger partial charge < -0.3 is 9.80 Å². The van der Waals surface area contributed by atoms with E-state index < -0.39 is 0 Å². The molecule has 21 heavy (non-hydrogen) atoms. The van der Waals surface area contributed by atoms with Crippen LogP contribution < -0.4 is 0 Å². The lowest BCUT2D eigenvalue weighted by Gasteiger charge is -2.22. The maximum atomic E-state index is 4.88. The summed E-state index contributed by atoms with van der Waals surface area (Å²) in [5.41, 5.74) is 1.03. The van der Waals surface area contributed by atoms with Gasteiger partial charge in [0.05, 0.1) is 5.69 Å². The second-order valence-electron chi connectivity index (χ2n) is 5.45. The Morgan fingerprint density at radius 2 is 1.52 bits per heavy atom. The number of benzene rings is 2. The average molecular weight is 297 g/mol. The first-order valence-corrected chi connectivity index (χ1v) is 7.73. The standard InChI is InChI=1S/C17H19N3S/c1-19(2)17(20(3)4)18-13-9-7-11-15-16(13)12-8-5-6-10-14(12)21-15/h5-11H,1-4H3. The number of guanidine groups is 1. The van der Waals surface area contributed by atoms with Crippen molar-refractivity contribution in [3.05, 3.63) is 42.5 Å². The van der Waals surface area contributed by atoms with Gasteiger partial charge in [-0.15, -0.1) is 11.3 Å². The first kappa shape index (κ1) is 13.9. The highest BCUT2D eigenvalue weighted by molar-refractivity contribution is 7.25. The SMILES string of the molecule is CN(C)C(=Nc1cccc2sc3ccccc3c12)N(C)C. The summed E-state index contributed by atoms with van der Waals surface area (Å²) in [5.74, 6) is 0.942. The minimum atomic E-state index is 0.942. The van der Waals surface area contributed by atoms with Gasteiger partial charge in [-0.25, -0.2) is 4.99 Å². The third-order valence-corrected chi connectivity index (χ3v) is 4.54. The summed E-state index contributed by atoms with van der Waals surface area (Å²) in [6, 6.07) is 14.9. The van der Waals surface area contributed by atoms with Crippen LogP contribution in [0.1, 0.15) is 0 Å². The van der Waals surface area contributed by atoms with E-state index in [-0.39, 0.29) is 0 Å². The summed E-state index contributed by atoms with van der Waals surface area (Å²) in [4.78, 5) is 8.95. The molecule has 1 heterocycles. The summed E-state index contributed by atoms with van der Waals surface area (Å²) in [6.45, 7) is 0. The molecule has 0 fully saturated rings. The van der Waals surface area contributed by atoms with Gasteiger partial charge in [0.25, 0.3) is 0 Å². The van der Waals surface area contributed by atoms with Crippen molar-refractivity contribution < 1.29 is 0 Å². The molecule has 0 bridgehead atoms. The number of rotatable bonds is 1. The molecule has 0 aliphatic heterocycles. The van der Waals surface area contributed by atoms with Crippen molar-refractivity contribution in [3.63, 3.8) is 0 Å². The molecule has 1 aromatic heterocycles. The molecular weight excluding hydrogens is 278 g/mol. The van der Waals surface area contributed by atoms with Crippen LogP contribution in [0.5, 0.6) is 0 Å². The van der Waals surface area contributed by atoms with Gasteiger partial charge in [-0.2, -0.15) is 0 Å². The van der Waals surface area contributed by atoms with Gasteiger partial charge in [-0.1, -0.05) is 24.3 Å². The molecule has 3 rings (SSSR count). The van der Waals surface area contributed by atoms with E-state index in [2.05, 4.69) is 42.5 Å². The highest BCUT2D eigenvalue weighted by Crippen LogP contribution is 2.39. The minimum absolute atomic E-state index is 0.942. The Bertz CT molecular complexity index is 805. The summed E-state index contributed by atoms with van der Waals surface area (Å²) in [7, 11) is 8.07. The monoisotopic (exact) mass is 297 g/mol. The lowest BCUT2D eigenvalue weighted by atomic mass is 10.1. The lowest BCUT2D eigenvalue weighted by molar-refractivity contribution is 0.484. The van der Waals surface area contributed by atoms with E-state index in [0.717, 1.165) is 11.6 Å². The van der Waals surface area contributed by atoms with Crippen LogP contribution in [0.25, 0.3) is 20.2 Å². The van der Waals surface area contributed by atoms with Crippen molar-refractivity contribution in [2.75, 3.05) is 28.2 Å². The molecule has 0 spiro atoms. The van der Waals surface area contributed by atoms with Gasteiger partial charge in [0.2, 0.25) is 5.96 Å². The summed E-state index contributed by atoms with van der Waals surface area (Å²) >= 11 is 1.82. The number of hydrogen-bond donors (Lipinski definition) is 0. The van der Waals surface area contributed by atoms with Crippen LogP contribution in [0.4, 0.5) is 5.69 Å². The van der Waals surface area contributed by atoms with E-state index in [1.165, 1.54) is 20.2 Å². The number of fused-ring (bicyclic) bond motifs is 3. The first-order chi connectivity index (χ1) is 10.1. The molecule has 3 nitrogen and oxygen atoms in total. The van der Waals surface area contributed by atoms with Crippen LogP contribution in [0.3, 0.4) is 0 Å². The zero-order chi connectivity index (χ0) is 15.0. The Balaban J connectivity index is 2.30. The fraction of sp³-hybridized carbons (Fsp3) is 0.235. The molecule has 0 aliphatic rings. The Morgan fingerprint density at radius 3 is 2.24 bits per heavy atom. The Morgan fingerprint density at radius 1 is 0.857 bits per heavy atom. The smallest absolute Gasteiger partial charge is 0.200 e. The third kappa shape index (κ3) is 2.47. The van der Waals surface area contributed by atoms with Crippen LogP contribution in [0, 0.1) is 0 Å². The molecule has 4 heteroatoms. The van der Waals surface area contributed by atoms with E-state index in [1.54, 1.807) is 0 Å². The molecule has 0 radical (unpaired) electrons. The van der Waals surface area contributed by atoms with Gasteiger partial charge in [0.15, 0.2) is 0 Å². The van der Waals surface area contributed by atoms with Crippen molar-refractivity contribution in [2.45, 2.75) is 0 Å². The average Bonchev–Trinajstić information content (AvgIpc) is 2.83. The topological polar surface area (TPSA) is 18.8 Å². The van der Waals surface area contributed by atoms with Gasteiger partial charge in [0, 0.05) is 48.4 Å². The van der Waals surface area contributed by atoms with E-state index in [9.17, 15) is 0 Å². The highest BCUT2D eigenvalue weighted by Gasteiger charge is 2.11. The summed E-state index contributed by atoms with van der Waals surface area (Å²) < 4.78 is 2.60.